The number of aromatic nitrogens is 2. The molecule has 6 nitrogen and oxygen atoms in total. The maximum atomic E-state index is 3.63. The molecule has 0 aliphatic rings. The molecular formula is C52H58N6+2. The number of hydrogen-bond acceptors (Lipinski definition) is 4. The van der Waals surface area contributed by atoms with Crippen LogP contribution >= 0.6 is 0 Å². The van der Waals surface area contributed by atoms with Gasteiger partial charge in [-0.3, -0.25) is 0 Å². The molecule has 0 saturated carbocycles. The van der Waals surface area contributed by atoms with Crippen LogP contribution in [0.15, 0.2) is 146 Å². The Hall–Kier alpha value is -5.82. The molecule has 58 heavy (non-hydrogen) atoms. The minimum atomic E-state index is 0.921. The molecule has 0 unspecified atom stereocenters. The van der Waals surface area contributed by atoms with Crippen LogP contribution in [0.25, 0.3) is 65.9 Å². The number of hydrogen-bond donors (Lipinski definition) is 4. The van der Waals surface area contributed by atoms with Crippen LogP contribution in [0, 0.1) is 0 Å². The molecule has 6 aromatic carbocycles. The molecule has 8 rings (SSSR count). The summed E-state index contributed by atoms with van der Waals surface area (Å²) in [5.74, 6) is 0. The molecule has 0 atom stereocenters. The number of nitrogens with one attached hydrogen (secondary N) is 4. The predicted octanol–water partition coefficient (Wildman–Crippen LogP) is 10.5. The number of para-hydroxylation sites is 2. The average Bonchev–Trinajstić information content (AvgIpc) is 3.28. The number of anilines is 2. The summed E-state index contributed by atoms with van der Waals surface area (Å²) in [5.41, 5.74) is 9.98. The van der Waals surface area contributed by atoms with Gasteiger partial charge in [-0.05, 0) is 139 Å². The van der Waals surface area contributed by atoms with Gasteiger partial charge in [-0.1, -0.05) is 60.7 Å². The van der Waals surface area contributed by atoms with Gasteiger partial charge >= 0.3 is 0 Å². The van der Waals surface area contributed by atoms with Crippen molar-refractivity contribution in [3.8, 4) is 22.5 Å². The van der Waals surface area contributed by atoms with Gasteiger partial charge in [0.1, 0.15) is 13.1 Å². The molecule has 0 radical (unpaired) electrons. The van der Waals surface area contributed by atoms with E-state index in [1.165, 1.54) is 90.1 Å². The zero-order valence-electron chi connectivity index (χ0n) is 34.2. The second-order valence-corrected chi connectivity index (χ2v) is 15.2. The number of benzene rings is 6. The molecule has 0 aliphatic carbocycles. The number of aryl methyl sites for hydroxylation is 2. The van der Waals surface area contributed by atoms with Crippen LogP contribution < -0.4 is 30.4 Å². The lowest BCUT2D eigenvalue weighted by molar-refractivity contribution is -0.655. The Morgan fingerprint density at radius 3 is 1.09 bits per heavy atom. The van der Waals surface area contributed by atoms with E-state index < -0.39 is 0 Å². The first-order chi connectivity index (χ1) is 28.7. The summed E-state index contributed by atoms with van der Waals surface area (Å²) in [6.45, 7) is 12.4. The van der Waals surface area contributed by atoms with Crippen molar-refractivity contribution in [3.63, 3.8) is 0 Å². The molecule has 0 amide bonds. The van der Waals surface area contributed by atoms with E-state index in [9.17, 15) is 0 Å². The summed E-state index contributed by atoms with van der Waals surface area (Å²) in [4.78, 5) is 0. The molecule has 6 heteroatoms. The van der Waals surface area contributed by atoms with Gasteiger partial charge in [-0.15, -0.1) is 0 Å². The quantitative estimate of drug-likeness (QED) is 0.0376. The van der Waals surface area contributed by atoms with Crippen LogP contribution in [0.2, 0.25) is 0 Å². The Kier molecular flexibility index (Phi) is 12.8. The Balaban J connectivity index is 0.705. The van der Waals surface area contributed by atoms with Crippen molar-refractivity contribution in [3.05, 3.63) is 146 Å². The van der Waals surface area contributed by atoms with Crippen LogP contribution in [0.4, 0.5) is 11.4 Å². The minimum Gasteiger partial charge on any atom is -0.385 e. The molecule has 0 bridgehead atoms. The average molecular weight is 767 g/mol. The fourth-order valence-corrected chi connectivity index (χ4v) is 8.67. The van der Waals surface area contributed by atoms with Crippen LogP contribution in [0.1, 0.15) is 39.5 Å². The summed E-state index contributed by atoms with van der Waals surface area (Å²) >= 11 is 0. The summed E-state index contributed by atoms with van der Waals surface area (Å²) in [6.07, 6.45) is 4.58. The molecule has 2 heterocycles. The number of nitrogens with zero attached hydrogens (tertiary/aromatic N) is 2. The Morgan fingerprint density at radius 2 is 0.690 bits per heavy atom. The Morgan fingerprint density at radius 1 is 0.345 bits per heavy atom. The molecule has 4 N–H and O–H groups in total. The normalized spacial score (nSPS) is 11.6. The van der Waals surface area contributed by atoms with Gasteiger partial charge in [-0.2, -0.15) is 9.13 Å². The van der Waals surface area contributed by atoms with Crippen molar-refractivity contribution in [2.75, 3.05) is 49.9 Å². The first-order valence-corrected chi connectivity index (χ1v) is 21.5. The maximum absolute atomic E-state index is 3.63. The van der Waals surface area contributed by atoms with Crippen LogP contribution in [0.3, 0.4) is 0 Å². The maximum Gasteiger partial charge on any atom is 0.220 e. The first-order valence-electron chi connectivity index (χ1n) is 21.5. The van der Waals surface area contributed by atoms with E-state index in [2.05, 4.69) is 190 Å². The lowest BCUT2D eigenvalue weighted by atomic mass is 9.99. The van der Waals surface area contributed by atoms with Crippen LogP contribution in [-0.2, 0) is 13.1 Å². The highest BCUT2D eigenvalue weighted by molar-refractivity contribution is 6.09. The van der Waals surface area contributed by atoms with Crippen LogP contribution in [-0.4, -0.2) is 39.3 Å². The van der Waals surface area contributed by atoms with Gasteiger partial charge in [0.15, 0.2) is 0 Å². The van der Waals surface area contributed by atoms with E-state index in [4.69, 9.17) is 0 Å². The molecule has 8 aromatic rings. The fourth-order valence-electron chi connectivity index (χ4n) is 8.67. The van der Waals surface area contributed by atoms with E-state index in [0.29, 0.717) is 0 Å². The molecule has 2 aromatic heterocycles. The smallest absolute Gasteiger partial charge is 0.220 e. The summed E-state index contributed by atoms with van der Waals surface area (Å²) in [5, 5.41) is 22.3. The lowest BCUT2D eigenvalue weighted by Gasteiger charge is -2.12. The molecule has 294 valence electrons. The van der Waals surface area contributed by atoms with Crippen molar-refractivity contribution in [2.45, 2.75) is 52.6 Å². The van der Waals surface area contributed by atoms with Gasteiger partial charge in [0.25, 0.3) is 0 Å². The topological polar surface area (TPSA) is 55.9 Å². The highest BCUT2D eigenvalue weighted by Crippen LogP contribution is 2.33. The molecule has 0 spiro atoms. The fraction of sp³-hybridized carbons (Fsp3) is 0.269. The van der Waals surface area contributed by atoms with Gasteiger partial charge < -0.3 is 21.3 Å². The molecule has 0 saturated heterocycles. The largest absolute Gasteiger partial charge is 0.385 e. The molecule has 0 fully saturated rings. The van der Waals surface area contributed by atoms with Gasteiger partial charge in [0.2, 0.25) is 22.4 Å². The number of pyridine rings is 2. The number of rotatable bonds is 19. The summed E-state index contributed by atoms with van der Waals surface area (Å²) < 4.78 is 4.91. The summed E-state index contributed by atoms with van der Waals surface area (Å²) in [6, 6.07) is 53.1. The van der Waals surface area contributed by atoms with Crippen molar-refractivity contribution < 1.29 is 9.13 Å². The van der Waals surface area contributed by atoms with E-state index >= 15 is 0 Å². The highest BCUT2D eigenvalue weighted by Gasteiger charge is 2.23. The Labute approximate surface area is 343 Å². The molecule has 0 aliphatic heterocycles. The number of unbranched alkanes of at least 4 members (excludes halogenated alkanes) is 1. The first kappa shape index (κ1) is 39.0. The van der Waals surface area contributed by atoms with E-state index in [1.807, 2.05) is 0 Å². The van der Waals surface area contributed by atoms with Gasteiger partial charge in [0, 0.05) is 58.5 Å². The van der Waals surface area contributed by atoms with Crippen molar-refractivity contribution in [2.24, 2.45) is 0 Å². The third-order valence-electron chi connectivity index (χ3n) is 11.5. The van der Waals surface area contributed by atoms with Crippen molar-refractivity contribution in [1.29, 1.82) is 0 Å². The third-order valence-corrected chi connectivity index (χ3v) is 11.5. The predicted molar refractivity (Wildman–Crippen MR) is 247 cm³/mol. The van der Waals surface area contributed by atoms with Crippen LogP contribution in [0.5, 0.6) is 0 Å². The lowest BCUT2D eigenvalue weighted by Crippen LogP contribution is -2.36. The Bertz CT molecular complexity index is 2410. The van der Waals surface area contributed by atoms with Crippen molar-refractivity contribution >= 4 is 54.7 Å². The van der Waals surface area contributed by atoms with E-state index in [1.54, 1.807) is 0 Å². The van der Waals surface area contributed by atoms with Gasteiger partial charge in [0.05, 0.1) is 21.5 Å². The van der Waals surface area contributed by atoms with E-state index in [0.717, 1.165) is 65.2 Å². The second-order valence-electron chi connectivity index (χ2n) is 15.2. The third kappa shape index (κ3) is 8.54. The zero-order valence-corrected chi connectivity index (χ0v) is 34.2. The monoisotopic (exact) mass is 766 g/mol. The van der Waals surface area contributed by atoms with Gasteiger partial charge in [-0.25, -0.2) is 0 Å². The highest BCUT2D eigenvalue weighted by atomic mass is 15.0. The van der Waals surface area contributed by atoms with E-state index in [-0.39, 0.29) is 0 Å². The van der Waals surface area contributed by atoms with Crippen molar-refractivity contribution in [1.82, 2.24) is 10.6 Å². The minimum absolute atomic E-state index is 0.921. The SMILES string of the molecule is CC[n+]1c(-c2ccc(NCCCNCCCCNCCCNc3ccc(-c4c5ccccc5c5ccccc5[n+]4CC)cc3)cc2)c2ccccc2c2ccccc21. The summed E-state index contributed by atoms with van der Waals surface area (Å²) in [7, 11) is 0. The standard InChI is InChI=1S/C52H56N6/c1-3-57-49-23-11-9-19-45(49)43-17-5-7-21-47(43)51(57)39-25-29-41(30-26-39)55-37-15-35-53-33-13-14-34-54-36-16-38-56-42-31-27-40(28-32-42)52-48-22-8-6-18-44(48)46-20-10-12-24-50(46)58(52)4-2/h5-12,17-32,53-54H,3-4,13-16,33-38H2,1-2H3/p+2. The number of fused-ring (bicyclic) bond motifs is 6. The zero-order chi connectivity index (χ0) is 39.5. The second kappa shape index (κ2) is 19.1. The molecular weight excluding hydrogens is 709 g/mol.